The number of fused-ring (bicyclic) bond motifs is 1. The molecular formula is C18H20ClN5. The van der Waals surface area contributed by atoms with Crippen molar-refractivity contribution in [3.63, 3.8) is 0 Å². The molecule has 0 saturated heterocycles. The number of pyridine rings is 1. The van der Waals surface area contributed by atoms with Gasteiger partial charge in [-0.25, -0.2) is 9.50 Å². The highest BCUT2D eigenvalue weighted by Gasteiger charge is 2.12. The molecule has 0 spiro atoms. The first-order valence-electron chi connectivity index (χ1n) is 8.08. The van der Waals surface area contributed by atoms with E-state index in [2.05, 4.69) is 21.4 Å². The van der Waals surface area contributed by atoms with Gasteiger partial charge in [0.05, 0.1) is 24.1 Å². The normalized spacial score (nSPS) is 14.1. The van der Waals surface area contributed by atoms with Crippen molar-refractivity contribution in [2.24, 2.45) is 0 Å². The van der Waals surface area contributed by atoms with E-state index in [9.17, 15) is 0 Å². The van der Waals surface area contributed by atoms with Crippen LogP contribution < -0.4 is 5.32 Å². The summed E-state index contributed by atoms with van der Waals surface area (Å²) in [6.07, 6.45) is 10.9. The number of aromatic nitrogens is 4. The van der Waals surface area contributed by atoms with Gasteiger partial charge in [0.25, 0.3) is 0 Å². The summed E-state index contributed by atoms with van der Waals surface area (Å²) in [6.45, 7) is 0.659. The number of rotatable bonds is 4. The minimum Gasteiger partial charge on any atom is -0.363 e. The molecule has 0 atom stereocenters. The van der Waals surface area contributed by atoms with Crippen LogP contribution >= 0.6 is 12.4 Å². The Bertz CT molecular complexity index is 841. The van der Waals surface area contributed by atoms with Gasteiger partial charge in [0.15, 0.2) is 5.65 Å². The van der Waals surface area contributed by atoms with Gasteiger partial charge in [-0.2, -0.15) is 0 Å². The summed E-state index contributed by atoms with van der Waals surface area (Å²) in [5.41, 5.74) is 4.35. The fourth-order valence-electron chi connectivity index (χ4n) is 2.94. The van der Waals surface area contributed by atoms with Gasteiger partial charge in [0.2, 0.25) is 0 Å². The summed E-state index contributed by atoms with van der Waals surface area (Å²) in [5.74, 6) is 0.832. The number of imidazole rings is 1. The lowest BCUT2D eigenvalue weighted by Gasteiger charge is -2.12. The summed E-state index contributed by atoms with van der Waals surface area (Å²) >= 11 is 0. The zero-order chi connectivity index (χ0) is 15.5. The van der Waals surface area contributed by atoms with Crippen molar-refractivity contribution in [2.45, 2.75) is 32.2 Å². The van der Waals surface area contributed by atoms with Gasteiger partial charge >= 0.3 is 0 Å². The molecule has 4 rings (SSSR count). The molecule has 1 aliphatic carbocycles. The Morgan fingerprint density at radius 3 is 2.83 bits per heavy atom. The van der Waals surface area contributed by atoms with E-state index in [1.807, 2.05) is 41.0 Å². The van der Waals surface area contributed by atoms with Crippen molar-refractivity contribution in [3.05, 3.63) is 60.2 Å². The smallest absolute Gasteiger partial charge is 0.154 e. The van der Waals surface area contributed by atoms with Crippen LogP contribution in [-0.2, 0) is 6.54 Å². The molecule has 3 aromatic rings. The Labute approximate surface area is 147 Å². The largest absolute Gasteiger partial charge is 0.363 e. The molecule has 0 bridgehead atoms. The lowest BCUT2D eigenvalue weighted by Crippen LogP contribution is -2.06. The Morgan fingerprint density at radius 2 is 2.04 bits per heavy atom. The molecule has 124 valence electrons. The molecule has 3 aromatic heterocycles. The van der Waals surface area contributed by atoms with E-state index in [1.165, 1.54) is 18.4 Å². The zero-order valence-electron chi connectivity index (χ0n) is 13.4. The van der Waals surface area contributed by atoms with Gasteiger partial charge in [0.1, 0.15) is 5.82 Å². The van der Waals surface area contributed by atoms with Crippen molar-refractivity contribution in [3.8, 4) is 0 Å². The Kier molecular flexibility index (Phi) is 5.11. The van der Waals surface area contributed by atoms with Gasteiger partial charge in [0, 0.05) is 6.20 Å². The monoisotopic (exact) mass is 341 g/mol. The van der Waals surface area contributed by atoms with Crippen LogP contribution in [0.1, 0.15) is 37.1 Å². The first-order valence-corrected chi connectivity index (χ1v) is 8.08. The number of halogens is 1. The lowest BCUT2D eigenvalue weighted by molar-refractivity contribution is 0.736. The molecule has 5 nitrogen and oxygen atoms in total. The van der Waals surface area contributed by atoms with Gasteiger partial charge in [-0.15, -0.1) is 17.5 Å². The molecule has 0 aromatic carbocycles. The lowest BCUT2D eigenvalue weighted by atomic mass is 9.98. The van der Waals surface area contributed by atoms with Crippen molar-refractivity contribution in [1.82, 2.24) is 19.6 Å². The van der Waals surface area contributed by atoms with E-state index in [1.54, 1.807) is 6.20 Å². The minimum atomic E-state index is 0. The fraction of sp³-hybridized carbons (Fsp3) is 0.278. The highest BCUT2D eigenvalue weighted by molar-refractivity contribution is 5.85. The van der Waals surface area contributed by atoms with Crippen LogP contribution in [0.25, 0.3) is 11.2 Å². The summed E-state index contributed by atoms with van der Waals surface area (Å²) < 4.78 is 1.94. The van der Waals surface area contributed by atoms with Crippen molar-refractivity contribution < 1.29 is 0 Å². The average molecular weight is 342 g/mol. The quantitative estimate of drug-likeness (QED) is 0.775. The van der Waals surface area contributed by atoms with Crippen molar-refractivity contribution in [1.29, 1.82) is 0 Å². The van der Waals surface area contributed by atoms with Gasteiger partial charge in [-0.3, -0.25) is 4.98 Å². The highest BCUT2D eigenvalue weighted by Crippen LogP contribution is 2.27. The number of allylic oxidation sites excluding steroid dienone is 2. The van der Waals surface area contributed by atoms with Crippen molar-refractivity contribution >= 4 is 29.4 Å². The topological polar surface area (TPSA) is 55.1 Å². The van der Waals surface area contributed by atoms with E-state index in [0.717, 1.165) is 35.7 Å². The molecule has 1 aliphatic rings. The van der Waals surface area contributed by atoms with E-state index in [0.29, 0.717) is 6.54 Å². The summed E-state index contributed by atoms with van der Waals surface area (Å²) in [6, 6.07) is 9.87. The van der Waals surface area contributed by atoms with Gasteiger partial charge < -0.3 is 5.32 Å². The van der Waals surface area contributed by atoms with Crippen molar-refractivity contribution in [2.75, 3.05) is 5.32 Å². The molecule has 0 aliphatic heterocycles. The van der Waals surface area contributed by atoms with E-state index >= 15 is 0 Å². The fourth-order valence-corrected chi connectivity index (χ4v) is 2.94. The minimum absolute atomic E-state index is 0. The standard InChI is InChI=1S/C18H19N5.ClH/c1-2-6-14(7-3-1)16-13-21-18-10-9-17(22-23(16)18)20-12-15-8-4-5-11-19-15;/h4-6,8-11,13H,1-3,7,12H2,(H,20,22);1H. The van der Waals surface area contributed by atoms with Crippen LogP contribution in [0, 0.1) is 0 Å². The molecule has 0 fully saturated rings. The molecule has 24 heavy (non-hydrogen) atoms. The number of hydrogen-bond acceptors (Lipinski definition) is 4. The predicted octanol–water partition coefficient (Wildman–Crippen LogP) is 4.12. The third kappa shape index (κ3) is 3.41. The number of nitrogens with one attached hydrogen (secondary N) is 1. The van der Waals surface area contributed by atoms with Crippen LogP contribution in [0.3, 0.4) is 0 Å². The number of anilines is 1. The maximum absolute atomic E-state index is 4.70. The van der Waals surface area contributed by atoms with E-state index in [4.69, 9.17) is 5.10 Å². The number of hydrogen-bond donors (Lipinski definition) is 1. The first kappa shape index (κ1) is 16.5. The second kappa shape index (κ2) is 7.45. The molecule has 6 heteroatoms. The number of nitrogens with zero attached hydrogens (tertiary/aromatic N) is 4. The third-order valence-corrected chi connectivity index (χ3v) is 4.16. The average Bonchev–Trinajstić information content (AvgIpc) is 3.05. The second-order valence-corrected chi connectivity index (χ2v) is 5.78. The Hall–Kier alpha value is -2.40. The molecule has 0 saturated carbocycles. The molecule has 0 amide bonds. The molecule has 0 unspecified atom stereocenters. The van der Waals surface area contributed by atoms with E-state index < -0.39 is 0 Å². The molecular weight excluding hydrogens is 322 g/mol. The van der Waals surface area contributed by atoms with Crippen LogP contribution in [0.4, 0.5) is 5.82 Å². The zero-order valence-corrected chi connectivity index (χ0v) is 14.2. The summed E-state index contributed by atoms with van der Waals surface area (Å²) in [4.78, 5) is 8.79. The highest BCUT2D eigenvalue weighted by atomic mass is 35.5. The Balaban J connectivity index is 0.00000169. The van der Waals surface area contributed by atoms with Crippen LogP contribution in [0.15, 0.2) is 48.8 Å². The molecule has 0 radical (unpaired) electrons. The SMILES string of the molecule is C1=C(c2cnc3ccc(NCc4ccccn4)nn23)CCCC1.Cl. The maximum atomic E-state index is 4.70. The predicted molar refractivity (Wildman–Crippen MR) is 98.2 cm³/mol. The summed E-state index contributed by atoms with van der Waals surface area (Å²) in [7, 11) is 0. The summed E-state index contributed by atoms with van der Waals surface area (Å²) in [5, 5.41) is 8.03. The third-order valence-electron chi connectivity index (χ3n) is 4.16. The molecule has 1 N–H and O–H groups in total. The Morgan fingerprint density at radius 1 is 1.08 bits per heavy atom. The van der Waals surface area contributed by atoms with Gasteiger partial charge in [-0.1, -0.05) is 12.1 Å². The van der Waals surface area contributed by atoms with E-state index in [-0.39, 0.29) is 12.4 Å². The second-order valence-electron chi connectivity index (χ2n) is 5.78. The van der Waals surface area contributed by atoms with Gasteiger partial charge in [-0.05, 0) is 55.5 Å². The maximum Gasteiger partial charge on any atom is 0.154 e. The van der Waals surface area contributed by atoms with Crippen LogP contribution in [-0.4, -0.2) is 19.6 Å². The first-order chi connectivity index (χ1) is 11.4. The molecule has 3 heterocycles. The van der Waals surface area contributed by atoms with Crippen LogP contribution in [0.2, 0.25) is 0 Å². The van der Waals surface area contributed by atoms with Crippen LogP contribution in [0.5, 0.6) is 0 Å².